The van der Waals surface area contributed by atoms with Crippen molar-refractivity contribution in [1.29, 1.82) is 0 Å². The summed E-state index contributed by atoms with van der Waals surface area (Å²) in [5, 5.41) is 4.71. The summed E-state index contributed by atoms with van der Waals surface area (Å²) in [7, 11) is 0. The summed E-state index contributed by atoms with van der Waals surface area (Å²) in [6, 6.07) is 2.56. The van der Waals surface area contributed by atoms with Crippen LogP contribution in [-0.4, -0.2) is 15.6 Å². The van der Waals surface area contributed by atoms with Crippen LogP contribution in [0.1, 0.15) is 72.0 Å². The Morgan fingerprint density at radius 3 is 2.76 bits per heavy atom. The van der Waals surface area contributed by atoms with Gasteiger partial charge in [-0.25, -0.2) is 0 Å². The molecule has 1 fully saturated rings. The standard InChI is InChI=1S/C18H30N2O/c1-6-14(3)20-10-9-15(19-20)12-18(4,5)16-8-7-13(2)11-17(16)21/h9-10,13-14,16H,6-8,11-12H2,1-5H3. The maximum atomic E-state index is 12.4. The minimum Gasteiger partial charge on any atom is -0.299 e. The zero-order chi connectivity index (χ0) is 15.6. The van der Waals surface area contributed by atoms with Gasteiger partial charge in [0.1, 0.15) is 5.78 Å². The van der Waals surface area contributed by atoms with Crippen LogP contribution in [0.15, 0.2) is 12.3 Å². The highest BCUT2D eigenvalue weighted by atomic mass is 16.1. The van der Waals surface area contributed by atoms with E-state index in [1.807, 2.05) is 0 Å². The van der Waals surface area contributed by atoms with E-state index < -0.39 is 0 Å². The third kappa shape index (κ3) is 3.75. The lowest BCUT2D eigenvalue weighted by Gasteiger charge is -2.37. The van der Waals surface area contributed by atoms with Crippen molar-refractivity contribution >= 4 is 5.78 Å². The Kier molecular flexibility index (Phi) is 4.90. The molecule has 0 N–H and O–H groups in total. The first-order valence-corrected chi connectivity index (χ1v) is 8.40. The molecule has 0 amide bonds. The molecule has 0 aromatic carbocycles. The van der Waals surface area contributed by atoms with E-state index in [1.165, 1.54) is 6.42 Å². The summed E-state index contributed by atoms with van der Waals surface area (Å²) in [4.78, 5) is 12.4. The third-order valence-corrected chi connectivity index (χ3v) is 5.17. The molecule has 3 nitrogen and oxygen atoms in total. The second-order valence-electron chi connectivity index (χ2n) is 7.62. The van der Waals surface area contributed by atoms with Crippen molar-refractivity contribution in [3.05, 3.63) is 18.0 Å². The number of rotatable bonds is 5. The average Bonchev–Trinajstić information content (AvgIpc) is 2.85. The molecular formula is C18H30N2O. The van der Waals surface area contributed by atoms with Gasteiger partial charge in [-0.2, -0.15) is 5.10 Å². The maximum Gasteiger partial charge on any atom is 0.136 e. The van der Waals surface area contributed by atoms with Crippen LogP contribution in [0.25, 0.3) is 0 Å². The number of hydrogen-bond acceptors (Lipinski definition) is 2. The third-order valence-electron chi connectivity index (χ3n) is 5.17. The largest absolute Gasteiger partial charge is 0.299 e. The van der Waals surface area contributed by atoms with E-state index in [-0.39, 0.29) is 11.3 Å². The van der Waals surface area contributed by atoms with E-state index in [4.69, 9.17) is 5.10 Å². The minimum absolute atomic E-state index is 0.00581. The topological polar surface area (TPSA) is 34.9 Å². The Hall–Kier alpha value is -1.12. The molecule has 3 atom stereocenters. The Morgan fingerprint density at radius 2 is 2.14 bits per heavy atom. The molecule has 21 heavy (non-hydrogen) atoms. The molecule has 3 unspecified atom stereocenters. The van der Waals surface area contributed by atoms with Crippen LogP contribution < -0.4 is 0 Å². The highest BCUT2D eigenvalue weighted by Gasteiger charge is 2.38. The Balaban J connectivity index is 2.06. The first-order chi connectivity index (χ1) is 9.83. The van der Waals surface area contributed by atoms with Crippen LogP contribution in [0, 0.1) is 17.3 Å². The van der Waals surface area contributed by atoms with Gasteiger partial charge in [0.05, 0.1) is 5.69 Å². The number of nitrogens with zero attached hydrogens (tertiary/aromatic N) is 2. The summed E-state index contributed by atoms with van der Waals surface area (Å²) in [5.41, 5.74) is 1.12. The fourth-order valence-electron chi connectivity index (χ4n) is 3.52. The lowest BCUT2D eigenvalue weighted by molar-refractivity contribution is -0.129. The summed E-state index contributed by atoms with van der Waals surface area (Å²) in [6.07, 6.45) is 7.03. The van der Waals surface area contributed by atoms with Gasteiger partial charge in [0, 0.05) is 24.6 Å². The van der Waals surface area contributed by atoms with Gasteiger partial charge in [0.25, 0.3) is 0 Å². The molecule has 0 radical (unpaired) electrons. The van der Waals surface area contributed by atoms with Crippen LogP contribution in [0.4, 0.5) is 0 Å². The predicted molar refractivity (Wildman–Crippen MR) is 86.2 cm³/mol. The van der Waals surface area contributed by atoms with Crippen LogP contribution in [0.3, 0.4) is 0 Å². The monoisotopic (exact) mass is 290 g/mol. The molecule has 0 spiro atoms. The van der Waals surface area contributed by atoms with Gasteiger partial charge in [-0.05, 0) is 50.0 Å². The molecule has 0 aliphatic heterocycles. The first kappa shape index (κ1) is 16.3. The zero-order valence-corrected chi connectivity index (χ0v) is 14.2. The van der Waals surface area contributed by atoms with Crippen molar-refractivity contribution in [1.82, 2.24) is 9.78 Å². The molecule has 1 aromatic rings. The molecule has 118 valence electrons. The van der Waals surface area contributed by atoms with Crippen molar-refractivity contribution in [3.8, 4) is 0 Å². The highest BCUT2D eigenvalue weighted by molar-refractivity contribution is 5.82. The van der Waals surface area contributed by atoms with E-state index in [2.05, 4.69) is 51.6 Å². The Morgan fingerprint density at radius 1 is 1.43 bits per heavy atom. The SMILES string of the molecule is CCC(C)n1ccc(CC(C)(C)C2CCC(C)CC2=O)n1. The normalized spacial score (nSPS) is 25.1. The van der Waals surface area contributed by atoms with Gasteiger partial charge in [0.2, 0.25) is 0 Å². The van der Waals surface area contributed by atoms with Crippen LogP contribution in [0.5, 0.6) is 0 Å². The molecule has 1 aromatic heterocycles. The Labute approximate surface area is 129 Å². The van der Waals surface area contributed by atoms with Crippen molar-refractivity contribution in [3.63, 3.8) is 0 Å². The lowest BCUT2D eigenvalue weighted by atomic mass is 9.66. The maximum absolute atomic E-state index is 12.4. The van der Waals surface area contributed by atoms with E-state index in [9.17, 15) is 4.79 Å². The number of carbonyl (C=O) groups excluding carboxylic acids is 1. The second-order valence-corrected chi connectivity index (χ2v) is 7.62. The van der Waals surface area contributed by atoms with Crippen molar-refractivity contribution in [2.24, 2.45) is 17.3 Å². The average molecular weight is 290 g/mol. The molecule has 0 saturated heterocycles. The van der Waals surface area contributed by atoms with E-state index >= 15 is 0 Å². The predicted octanol–water partition coefficient (Wildman–Crippen LogP) is 4.43. The summed E-state index contributed by atoms with van der Waals surface area (Å²) in [5.74, 6) is 1.22. The fraction of sp³-hybridized carbons (Fsp3) is 0.778. The van der Waals surface area contributed by atoms with E-state index in [0.717, 1.165) is 31.4 Å². The van der Waals surface area contributed by atoms with Crippen molar-refractivity contribution < 1.29 is 4.79 Å². The molecule has 1 saturated carbocycles. The second kappa shape index (κ2) is 6.33. The molecule has 1 aliphatic carbocycles. The van der Waals surface area contributed by atoms with Gasteiger partial charge in [0.15, 0.2) is 0 Å². The van der Waals surface area contributed by atoms with Crippen molar-refractivity contribution in [2.45, 2.75) is 72.8 Å². The molecule has 3 heteroatoms. The number of aromatic nitrogens is 2. The van der Waals surface area contributed by atoms with Crippen molar-refractivity contribution in [2.75, 3.05) is 0 Å². The summed E-state index contributed by atoms with van der Waals surface area (Å²) >= 11 is 0. The molecule has 1 aliphatic rings. The number of carbonyl (C=O) groups is 1. The van der Waals surface area contributed by atoms with Gasteiger partial charge < -0.3 is 0 Å². The van der Waals surface area contributed by atoms with E-state index in [1.54, 1.807) is 0 Å². The smallest absolute Gasteiger partial charge is 0.136 e. The molecular weight excluding hydrogens is 260 g/mol. The minimum atomic E-state index is 0.00581. The van der Waals surface area contributed by atoms with Gasteiger partial charge >= 0.3 is 0 Å². The van der Waals surface area contributed by atoms with Crippen LogP contribution >= 0.6 is 0 Å². The van der Waals surface area contributed by atoms with Crippen LogP contribution in [-0.2, 0) is 11.2 Å². The molecule has 1 heterocycles. The fourth-order valence-corrected chi connectivity index (χ4v) is 3.52. The van der Waals surface area contributed by atoms with Gasteiger partial charge in [-0.3, -0.25) is 9.48 Å². The first-order valence-electron chi connectivity index (χ1n) is 8.40. The lowest BCUT2D eigenvalue weighted by Crippen LogP contribution is -2.37. The van der Waals surface area contributed by atoms with Gasteiger partial charge in [-0.1, -0.05) is 27.7 Å². The quantitative estimate of drug-likeness (QED) is 0.804. The van der Waals surface area contributed by atoms with Crippen LogP contribution in [0.2, 0.25) is 0 Å². The Bertz CT molecular complexity index is 489. The zero-order valence-electron chi connectivity index (χ0n) is 14.2. The highest BCUT2D eigenvalue weighted by Crippen LogP contribution is 2.40. The summed E-state index contributed by atoms with van der Waals surface area (Å²) in [6.45, 7) is 11.0. The van der Waals surface area contributed by atoms with Gasteiger partial charge in [-0.15, -0.1) is 0 Å². The number of Topliss-reactive ketones (excluding diaryl/α,β-unsaturated/α-hetero) is 1. The number of ketones is 1. The molecule has 2 rings (SSSR count). The summed E-state index contributed by atoms with van der Waals surface area (Å²) < 4.78 is 2.05. The van der Waals surface area contributed by atoms with E-state index in [0.29, 0.717) is 17.7 Å². The number of hydrogen-bond donors (Lipinski definition) is 0. The molecule has 0 bridgehead atoms.